The standard InChI is InChI=1S/C20H29BN2O5/c1-18(2,3)26-17(25)23-15-10-12-8-9-13(11-14(12)22-16(15)24)21-27-19(4,5)20(6,7)28-21/h8-9,11,15H,10H2,1-7H3,(H,22,24)(H,23,25). The predicted octanol–water partition coefficient (Wildman–Crippen LogP) is 2.37. The van der Waals surface area contributed by atoms with Crippen LogP contribution in [0.4, 0.5) is 10.5 Å². The van der Waals surface area contributed by atoms with Gasteiger partial charge in [0.1, 0.15) is 11.6 Å². The van der Waals surface area contributed by atoms with Gasteiger partial charge >= 0.3 is 13.2 Å². The first-order valence-electron chi connectivity index (χ1n) is 9.56. The number of hydrogen-bond acceptors (Lipinski definition) is 5. The van der Waals surface area contributed by atoms with E-state index in [9.17, 15) is 9.59 Å². The van der Waals surface area contributed by atoms with Crippen molar-refractivity contribution in [3.63, 3.8) is 0 Å². The maximum Gasteiger partial charge on any atom is 0.494 e. The lowest BCUT2D eigenvalue weighted by Crippen LogP contribution is -2.49. The number of benzene rings is 1. The van der Waals surface area contributed by atoms with Gasteiger partial charge < -0.3 is 24.7 Å². The van der Waals surface area contributed by atoms with Gasteiger partial charge in [0.25, 0.3) is 0 Å². The molecule has 2 amide bonds. The first kappa shape index (κ1) is 20.7. The number of amides is 2. The maximum absolute atomic E-state index is 12.5. The van der Waals surface area contributed by atoms with Crippen LogP contribution in [0, 0.1) is 0 Å². The molecule has 28 heavy (non-hydrogen) atoms. The fourth-order valence-electron chi connectivity index (χ4n) is 3.11. The normalized spacial score (nSPS) is 23.0. The minimum atomic E-state index is -0.676. The van der Waals surface area contributed by atoms with E-state index in [1.165, 1.54) is 0 Å². The molecule has 7 nitrogen and oxygen atoms in total. The van der Waals surface area contributed by atoms with Crippen LogP contribution in [0.2, 0.25) is 0 Å². The molecule has 0 saturated carbocycles. The Morgan fingerprint density at radius 2 is 1.82 bits per heavy atom. The fourth-order valence-corrected chi connectivity index (χ4v) is 3.11. The minimum absolute atomic E-state index is 0.274. The second kappa shape index (κ2) is 6.78. The average molecular weight is 388 g/mol. The fraction of sp³-hybridized carbons (Fsp3) is 0.600. The van der Waals surface area contributed by atoms with E-state index in [1.807, 2.05) is 45.9 Å². The molecule has 1 unspecified atom stereocenters. The number of carbonyl (C=O) groups is 2. The molecule has 0 radical (unpaired) electrons. The van der Waals surface area contributed by atoms with Gasteiger partial charge in [0.2, 0.25) is 5.91 Å². The zero-order valence-electron chi connectivity index (χ0n) is 17.6. The van der Waals surface area contributed by atoms with Crippen molar-refractivity contribution in [1.82, 2.24) is 5.32 Å². The van der Waals surface area contributed by atoms with E-state index < -0.39 is 36.1 Å². The van der Waals surface area contributed by atoms with Crippen LogP contribution < -0.4 is 16.1 Å². The second-order valence-electron chi connectivity index (χ2n) is 9.40. The maximum atomic E-state index is 12.5. The molecule has 0 bridgehead atoms. The number of ether oxygens (including phenoxy) is 1. The number of carbonyl (C=O) groups excluding carboxylic acids is 2. The summed E-state index contributed by atoms with van der Waals surface area (Å²) in [4.78, 5) is 24.4. The van der Waals surface area contributed by atoms with E-state index in [1.54, 1.807) is 20.8 Å². The van der Waals surface area contributed by atoms with E-state index in [4.69, 9.17) is 14.0 Å². The summed E-state index contributed by atoms with van der Waals surface area (Å²) in [6, 6.07) is 5.06. The van der Waals surface area contributed by atoms with E-state index in [0.717, 1.165) is 11.0 Å². The Labute approximate surface area is 166 Å². The summed E-state index contributed by atoms with van der Waals surface area (Å²) >= 11 is 0. The van der Waals surface area contributed by atoms with Gasteiger partial charge in [0.15, 0.2) is 0 Å². The molecule has 2 N–H and O–H groups in total. The van der Waals surface area contributed by atoms with Crippen molar-refractivity contribution >= 4 is 30.3 Å². The van der Waals surface area contributed by atoms with Crippen molar-refractivity contribution in [3.05, 3.63) is 23.8 Å². The molecule has 1 fully saturated rings. The summed E-state index contributed by atoms with van der Waals surface area (Å²) in [6.45, 7) is 13.3. The topological polar surface area (TPSA) is 85.9 Å². The van der Waals surface area contributed by atoms with Crippen molar-refractivity contribution in [2.75, 3.05) is 5.32 Å². The van der Waals surface area contributed by atoms with Crippen molar-refractivity contribution < 1.29 is 23.6 Å². The molecule has 1 saturated heterocycles. The number of rotatable bonds is 2. The Bertz CT molecular complexity index is 784. The number of hydrogen-bond donors (Lipinski definition) is 2. The van der Waals surface area contributed by atoms with E-state index >= 15 is 0 Å². The molecule has 2 aliphatic rings. The van der Waals surface area contributed by atoms with Crippen molar-refractivity contribution in [2.24, 2.45) is 0 Å². The number of fused-ring (bicyclic) bond motifs is 1. The molecule has 1 aromatic rings. The van der Waals surface area contributed by atoms with E-state index in [2.05, 4.69) is 10.6 Å². The van der Waals surface area contributed by atoms with Crippen LogP contribution in [0.3, 0.4) is 0 Å². The Hall–Kier alpha value is -2.06. The second-order valence-corrected chi connectivity index (χ2v) is 9.40. The van der Waals surface area contributed by atoms with Crippen LogP contribution in [0.25, 0.3) is 0 Å². The SMILES string of the molecule is CC(C)(C)OC(=O)NC1Cc2ccc(B3OC(C)(C)C(C)(C)O3)cc2NC1=O. The number of alkyl carbamates (subject to hydrolysis) is 1. The van der Waals surface area contributed by atoms with Gasteiger partial charge in [-0.2, -0.15) is 0 Å². The third kappa shape index (κ3) is 4.18. The minimum Gasteiger partial charge on any atom is -0.444 e. The lowest BCUT2D eigenvalue weighted by Gasteiger charge is -2.32. The molecule has 0 aliphatic carbocycles. The number of anilines is 1. The van der Waals surface area contributed by atoms with Crippen LogP contribution >= 0.6 is 0 Å². The Balaban J connectivity index is 1.73. The molecule has 0 spiro atoms. The van der Waals surface area contributed by atoms with Crippen LogP contribution in [0.5, 0.6) is 0 Å². The molecule has 0 aromatic heterocycles. The predicted molar refractivity (Wildman–Crippen MR) is 108 cm³/mol. The summed E-state index contributed by atoms with van der Waals surface area (Å²) in [5.41, 5.74) is 1.00. The Morgan fingerprint density at radius 3 is 2.39 bits per heavy atom. The lowest BCUT2D eigenvalue weighted by molar-refractivity contribution is -0.118. The Kier molecular flexibility index (Phi) is 5.00. The van der Waals surface area contributed by atoms with Crippen molar-refractivity contribution in [1.29, 1.82) is 0 Å². The molecular formula is C20H29BN2O5. The van der Waals surface area contributed by atoms with E-state index in [0.29, 0.717) is 12.1 Å². The quantitative estimate of drug-likeness (QED) is 0.760. The van der Waals surface area contributed by atoms with Crippen LogP contribution in [-0.2, 0) is 25.3 Å². The lowest BCUT2D eigenvalue weighted by atomic mass is 9.77. The highest BCUT2D eigenvalue weighted by molar-refractivity contribution is 6.62. The third-order valence-electron chi connectivity index (χ3n) is 5.35. The summed E-state index contributed by atoms with van der Waals surface area (Å²) < 4.78 is 17.4. The first-order valence-corrected chi connectivity index (χ1v) is 9.56. The molecule has 2 heterocycles. The summed E-state index contributed by atoms with van der Waals surface area (Å²) in [5, 5.41) is 5.50. The van der Waals surface area contributed by atoms with Crippen LogP contribution in [0.1, 0.15) is 54.0 Å². The molecule has 152 valence electrons. The zero-order chi connectivity index (χ0) is 20.9. The highest BCUT2D eigenvalue weighted by atomic mass is 16.7. The molecule has 3 rings (SSSR count). The zero-order valence-corrected chi connectivity index (χ0v) is 17.6. The molecule has 1 aromatic carbocycles. The van der Waals surface area contributed by atoms with Gasteiger partial charge in [-0.3, -0.25) is 4.79 Å². The van der Waals surface area contributed by atoms with Gasteiger partial charge in [-0.1, -0.05) is 12.1 Å². The van der Waals surface area contributed by atoms with Gasteiger partial charge in [-0.15, -0.1) is 0 Å². The molecular weight excluding hydrogens is 359 g/mol. The van der Waals surface area contributed by atoms with Gasteiger partial charge in [0.05, 0.1) is 11.2 Å². The van der Waals surface area contributed by atoms with Crippen LogP contribution in [0.15, 0.2) is 18.2 Å². The monoisotopic (exact) mass is 388 g/mol. The Morgan fingerprint density at radius 1 is 1.21 bits per heavy atom. The largest absolute Gasteiger partial charge is 0.494 e. The summed E-state index contributed by atoms with van der Waals surface area (Å²) in [7, 11) is -0.496. The summed E-state index contributed by atoms with van der Waals surface area (Å²) in [5.74, 6) is -0.274. The van der Waals surface area contributed by atoms with Gasteiger partial charge in [-0.05, 0) is 65.6 Å². The highest BCUT2D eigenvalue weighted by Crippen LogP contribution is 2.36. The number of nitrogens with one attached hydrogen (secondary N) is 2. The third-order valence-corrected chi connectivity index (χ3v) is 5.35. The van der Waals surface area contributed by atoms with Gasteiger partial charge in [-0.25, -0.2) is 4.79 Å². The van der Waals surface area contributed by atoms with Crippen LogP contribution in [-0.4, -0.2) is 42.0 Å². The summed E-state index contributed by atoms with van der Waals surface area (Å²) in [6.07, 6.45) is -0.214. The van der Waals surface area contributed by atoms with E-state index in [-0.39, 0.29) is 5.91 Å². The van der Waals surface area contributed by atoms with Crippen molar-refractivity contribution in [2.45, 2.75) is 77.7 Å². The average Bonchev–Trinajstić information content (AvgIpc) is 2.74. The first-order chi connectivity index (χ1) is 12.8. The highest BCUT2D eigenvalue weighted by Gasteiger charge is 2.51. The smallest absolute Gasteiger partial charge is 0.444 e. The molecule has 8 heteroatoms. The molecule has 2 aliphatic heterocycles. The van der Waals surface area contributed by atoms with Gasteiger partial charge in [0, 0.05) is 12.1 Å². The molecule has 1 atom stereocenters. The van der Waals surface area contributed by atoms with Crippen molar-refractivity contribution in [3.8, 4) is 0 Å².